The highest BCUT2D eigenvalue weighted by molar-refractivity contribution is 6.08. The van der Waals surface area contributed by atoms with Crippen LogP contribution >= 0.6 is 0 Å². The lowest BCUT2D eigenvalue weighted by Gasteiger charge is -2.28. The Balaban J connectivity index is 2.53. The average molecular weight is 245 g/mol. The molecule has 0 saturated carbocycles. The lowest BCUT2D eigenvalue weighted by Crippen LogP contribution is -2.25. The van der Waals surface area contributed by atoms with Crippen molar-refractivity contribution < 1.29 is 0 Å². The van der Waals surface area contributed by atoms with Gasteiger partial charge in [0.05, 0.1) is 13.9 Å². The molecule has 2 aromatic rings. The van der Waals surface area contributed by atoms with E-state index < -0.39 is 5.41 Å². The lowest BCUT2D eigenvalue weighted by molar-refractivity contribution is 0.582. The molecular weight excluding hydrogens is 229 g/mol. The highest BCUT2D eigenvalue weighted by Gasteiger charge is 2.33. The Morgan fingerprint density at radius 2 is 1.37 bits per heavy atom. The topological polar surface area (TPSA) is 23.8 Å². The molecule has 0 fully saturated rings. The second kappa shape index (κ2) is 6.25. The number of hydrogen-bond acceptors (Lipinski definition) is 1. The summed E-state index contributed by atoms with van der Waals surface area (Å²) in [5.41, 5.74) is 1.48. The molecule has 0 aromatic heterocycles. The first-order valence-electron chi connectivity index (χ1n) is 6.56. The minimum Gasteiger partial charge on any atom is -0.197 e. The quantitative estimate of drug-likeness (QED) is 0.733. The molecule has 2 rings (SSSR count). The molecule has 1 nitrogen and oxygen atoms in total. The average Bonchev–Trinajstić information content (AvgIpc) is 2.51. The molecule has 0 spiro atoms. The molecule has 0 atom stereocenters. The zero-order valence-corrected chi connectivity index (χ0v) is 10.9. The number of nitrogens with zero attached hydrogens (tertiary/aromatic N) is 1. The van der Waals surface area contributed by atoms with E-state index in [4.69, 9.17) is 7.85 Å². The number of benzene rings is 2. The van der Waals surface area contributed by atoms with Crippen molar-refractivity contribution >= 4 is 7.85 Å². The number of rotatable bonds is 5. The molecule has 0 N–H and O–H groups in total. The van der Waals surface area contributed by atoms with Crippen molar-refractivity contribution in [3.63, 3.8) is 0 Å². The van der Waals surface area contributed by atoms with Crippen LogP contribution in [0.1, 0.15) is 24.0 Å². The molecule has 0 saturated heterocycles. The summed E-state index contributed by atoms with van der Waals surface area (Å²) in [4.78, 5) is 0. The molecular formula is C17H16BN. The zero-order chi connectivity index (χ0) is 13.6. The van der Waals surface area contributed by atoms with Crippen LogP contribution in [-0.4, -0.2) is 7.85 Å². The molecule has 19 heavy (non-hydrogen) atoms. The van der Waals surface area contributed by atoms with Crippen LogP contribution in [-0.2, 0) is 5.41 Å². The molecule has 0 aliphatic rings. The largest absolute Gasteiger partial charge is 0.197 e. The highest BCUT2D eigenvalue weighted by atomic mass is 14.4. The van der Waals surface area contributed by atoms with Crippen LogP contribution in [0.3, 0.4) is 0 Å². The summed E-state index contributed by atoms with van der Waals surface area (Å²) in [6.07, 6.45) is 2.18. The number of hydrogen-bond donors (Lipinski definition) is 0. The van der Waals surface area contributed by atoms with Gasteiger partial charge in [-0.25, -0.2) is 0 Å². The van der Waals surface area contributed by atoms with Gasteiger partial charge in [-0.2, -0.15) is 5.26 Å². The molecule has 0 aliphatic heterocycles. The summed E-state index contributed by atoms with van der Waals surface area (Å²) in [6, 6.07) is 22.5. The van der Waals surface area contributed by atoms with Gasteiger partial charge in [0.25, 0.3) is 0 Å². The fraction of sp³-hybridized carbons (Fsp3) is 0.235. The Bertz CT molecular complexity index is 503. The Labute approximate surface area is 116 Å². The third-order valence-electron chi connectivity index (χ3n) is 3.48. The Morgan fingerprint density at radius 1 is 0.895 bits per heavy atom. The van der Waals surface area contributed by atoms with Crippen molar-refractivity contribution in [3.8, 4) is 6.07 Å². The summed E-state index contributed by atoms with van der Waals surface area (Å²) in [5.74, 6) is 0. The lowest BCUT2D eigenvalue weighted by atomic mass is 9.71. The summed E-state index contributed by atoms with van der Waals surface area (Å²) in [5, 5.41) is 9.82. The Morgan fingerprint density at radius 3 is 1.74 bits per heavy atom. The van der Waals surface area contributed by atoms with Crippen LogP contribution in [0.5, 0.6) is 0 Å². The Hall–Kier alpha value is -2.01. The summed E-state index contributed by atoms with van der Waals surface area (Å²) < 4.78 is 0. The molecule has 0 aliphatic carbocycles. The van der Waals surface area contributed by atoms with E-state index in [-0.39, 0.29) is 0 Å². The number of nitriles is 1. The van der Waals surface area contributed by atoms with Crippen LogP contribution in [0.25, 0.3) is 0 Å². The SMILES string of the molecule is [B]CCCC(C#N)(c1ccccc1)c1ccccc1. The van der Waals surface area contributed by atoms with E-state index in [0.717, 1.165) is 24.0 Å². The van der Waals surface area contributed by atoms with E-state index in [1.54, 1.807) is 0 Å². The van der Waals surface area contributed by atoms with Crippen LogP contribution in [0.4, 0.5) is 0 Å². The van der Waals surface area contributed by atoms with E-state index >= 15 is 0 Å². The molecule has 0 heterocycles. The van der Waals surface area contributed by atoms with E-state index in [1.807, 2.05) is 60.7 Å². The van der Waals surface area contributed by atoms with Crippen molar-refractivity contribution in [2.24, 2.45) is 0 Å². The summed E-state index contributed by atoms with van der Waals surface area (Å²) >= 11 is 0. The Kier molecular flexibility index (Phi) is 4.41. The molecule has 0 bridgehead atoms. The monoisotopic (exact) mass is 245 g/mol. The van der Waals surface area contributed by atoms with Crippen LogP contribution in [0, 0.1) is 11.3 Å². The molecule has 2 heteroatoms. The van der Waals surface area contributed by atoms with Crippen molar-refractivity contribution in [3.05, 3.63) is 71.8 Å². The van der Waals surface area contributed by atoms with Gasteiger partial charge in [-0.3, -0.25) is 0 Å². The predicted molar refractivity (Wildman–Crippen MR) is 79.1 cm³/mol. The van der Waals surface area contributed by atoms with E-state index in [9.17, 15) is 5.26 Å². The van der Waals surface area contributed by atoms with Gasteiger partial charge in [-0.05, 0) is 17.5 Å². The predicted octanol–water partition coefficient (Wildman–Crippen LogP) is 3.86. The van der Waals surface area contributed by atoms with Gasteiger partial charge < -0.3 is 0 Å². The smallest absolute Gasteiger partial charge is 0.107 e. The molecule has 92 valence electrons. The van der Waals surface area contributed by atoms with Crippen molar-refractivity contribution in [2.75, 3.05) is 0 Å². The van der Waals surface area contributed by atoms with Crippen molar-refractivity contribution in [1.82, 2.24) is 0 Å². The summed E-state index contributed by atoms with van der Waals surface area (Å²) in [6.45, 7) is 0. The fourth-order valence-electron chi connectivity index (χ4n) is 2.45. The minimum atomic E-state index is -0.595. The van der Waals surface area contributed by atoms with Gasteiger partial charge in [-0.15, -0.1) is 0 Å². The van der Waals surface area contributed by atoms with E-state index in [1.165, 1.54) is 0 Å². The van der Waals surface area contributed by atoms with Gasteiger partial charge in [0.2, 0.25) is 0 Å². The maximum absolute atomic E-state index is 9.82. The first-order valence-corrected chi connectivity index (χ1v) is 6.56. The van der Waals surface area contributed by atoms with Gasteiger partial charge in [0.1, 0.15) is 5.41 Å². The second-order valence-corrected chi connectivity index (χ2v) is 4.64. The maximum atomic E-state index is 9.82. The van der Waals surface area contributed by atoms with Crippen molar-refractivity contribution in [2.45, 2.75) is 24.6 Å². The standard InChI is InChI=1S/C17H16BN/c18-13-7-12-17(14-19,15-8-3-1-4-9-15)16-10-5-2-6-11-16/h1-6,8-11H,7,12-13H2. The van der Waals surface area contributed by atoms with Crippen LogP contribution < -0.4 is 0 Å². The minimum absolute atomic E-state index is 0.595. The molecule has 2 radical (unpaired) electrons. The van der Waals surface area contributed by atoms with E-state index in [2.05, 4.69) is 6.07 Å². The van der Waals surface area contributed by atoms with Gasteiger partial charge in [0, 0.05) is 0 Å². The van der Waals surface area contributed by atoms with Crippen LogP contribution in [0.2, 0.25) is 6.32 Å². The zero-order valence-electron chi connectivity index (χ0n) is 10.9. The van der Waals surface area contributed by atoms with Gasteiger partial charge >= 0.3 is 0 Å². The third kappa shape index (κ3) is 2.71. The fourth-order valence-corrected chi connectivity index (χ4v) is 2.45. The normalized spacial score (nSPS) is 10.9. The second-order valence-electron chi connectivity index (χ2n) is 4.64. The van der Waals surface area contributed by atoms with Crippen molar-refractivity contribution in [1.29, 1.82) is 5.26 Å². The molecule has 0 amide bonds. The molecule has 0 unspecified atom stereocenters. The van der Waals surface area contributed by atoms with Crippen LogP contribution in [0.15, 0.2) is 60.7 Å². The molecule has 2 aromatic carbocycles. The van der Waals surface area contributed by atoms with E-state index in [0.29, 0.717) is 6.32 Å². The summed E-state index contributed by atoms with van der Waals surface area (Å²) in [7, 11) is 5.64. The first-order chi connectivity index (χ1) is 9.33. The maximum Gasteiger partial charge on any atom is 0.107 e. The first kappa shape index (κ1) is 13.4. The van der Waals surface area contributed by atoms with Gasteiger partial charge in [0.15, 0.2) is 0 Å². The third-order valence-corrected chi connectivity index (χ3v) is 3.48. The highest BCUT2D eigenvalue weighted by Crippen LogP contribution is 2.36. The van der Waals surface area contributed by atoms with Gasteiger partial charge in [-0.1, -0.05) is 73.4 Å².